The first-order valence-corrected chi connectivity index (χ1v) is 7.69. The van der Waals surface area contributed by atoms with E-state index in [1.54, 1.807) is 36.5 Å². The Hall–Kier alpha value is -3.61. The molecule has 124 valence electrons. The zero-order chi connectivity index (χ0) is 17.2. The van der Waals surface area contributed by atoms with Crippen LogP contribution in [0.2, 0.25) is 0 Å². The molecule has 4 aromatic rings. The molecular formula is C18H14N4O3. The van der Waals surface area contributed by atoms with Crippen LogP contribution in [0, 0.1) is 0 Å². The number of oxazole rings is 1. The smallest absolute Gasteiger partial charge is 0.408 e. The zero-order valence-corrected chi connectivity index (χ0v) is 13.1. The first-order chi connectivity index (χ1) is 12.2. The van der Waals surface area contributed by atoms with Crippen LogP contribution in [-0.4, -0.2) is 20.7 Å². The maximum atomic E-state index is 12.3. The Balaban J connectivity index is 1.55. The molecule has 2 N–H and O–H groups in total. The number of nitrogens with one attached hydrogen (secondary N) is 2. The highest BCUT2D eigenvalue weighted by molar-refractivity contribution is 5.92. The number of para-hydroxylation sites is 2. The van der Waals surface area contributed by atoms with Crippen molar-refractivity contribution in [1.29, 1.82) is 0 Å². The number of anilines is 1. The molecule has 0 spiro atoms. The van der Waals surface area contributed by atoms with Crippen molar-refractivity contribution in [2.75, 3.05) is 5.32 Å². The molecule has 7 heteroatoms. The first kappa shape index (κ1) is 14.9. The van der Waals surface area contributed by atoms with Crippen LogP contribution >= 0.6 is 0 Å². The fourth-order valence-corrected chi connectivity index (χ4v) is 2.69. The number of amides is 1. The van der Waals surface area contributed by atoms with E-state index in [0.717, 1.165) is 11.3 Å². The van der Waals surface area contributed by atoms with Crippen LogP contribution in [0.5, 0.6) is 0 Å². The van der Waals surface area contributed by atoms with Gasteiger partial charge >= 0.3 is 5.76 Å². The highest BCUT2D eigenvalue weighted by Gasteiger charge is 2.12. The van der Waals surface area contributed by atoms with E-state index in [9.17, 15) is 9.59 Å². The molecule has 0 aliphatic carbocycles. The minimum absolute atomic E-state index is 0.121. The molecule has 4 rings (SSSR count). The second kappa shape index (κ2) is 6.12. The number of aromatic amines is 1. The van der Waals surface area contributed by atoms with E-state index in [2.05, 4.69) is 15.5 Å². The van der Waals surface area contributed by atoms with Gasteiger partial charge in [0, 0.05) is 17.4 Å². The fraction of sp³-hybridized carbons (Fsp3) is 0.0556. The second-order valence-corrected chi connectivity index (χ2v) is 5.52. The van der Waals surface area contributed by atoms with Gasteiger partial charge in [0.25, 0.3) is 0 Å². The maximum Gasteiger partial charge on any atom is 0.420 e. The summed E-state index contributed by atoms with van der Waals surface area (Å²) in [6, 6.07) is 16.2. The quantitative estimate of drug-likeness (QED) is 0.600. The third-order valence-electron chi connectivity index (χ3n) is 3.83. The summed E-state index contributed by atoms with van der Waals surface area (Å²) in [6.07, 6.45) is 1.66. The molecule has 0 fully saturated rings. The summed E-state index contributed by atoms with van der Waals surface area (Å²) >= 11 is 0. The molecule has 1 amide bonds. The van der Waals surface area contributed by atoms with Crippen molar-refractivity contribution in [1.82, 2.24) is 14.8 Å². The normalized spacial score (nSPS) is 10.9. The molecule has 0 unspecified atom stereocenters. The van der Waals surface area contributed by atoms with Gasteiger partial charge in [-0.2, -0.15) is 5.10 Å². The summed E-state index contributed by atoms with van der Waals surface area (Å²) in [5, 5.41) is 9.59. The highest BCUT2D eigenvalue weighted by Crippen LogP contribution is 2.20. The van der Waals surface area contributed by atoms with Gasteiger partial charge < -0.3 is 9.73 Å². The van der Waals surface area contributed by atoms with Crippen molar-refractivity contribution >= 4 is 22.7 Å². The Morgan fingerprint density at radius 2 is 2.04 bits per heavy atom. The monoisotopic (exact) mass is 334 g/mol. The van der Waals surface area contributed by atoms with Crippen molar-refractivity contribution in [3.8, 4) is 11.3 Å². The second-order valence-electron chi connectivity index (χ2n) is 5.52. The standard InChI is InChI=1S/C18H14N4O3/c23-17(11-22-15-6-1-2-7-16(15)25-18(22)24)20-13-5-3-4-12(10-13)14-8-9-19-21-14/h1-10H,11H2,(H,19,21)(H,20,23). The van der Waals surface area contributed by atoms with E-state index in [1.165, 1.54) is 4.57 Å². The fourth-order valence-electron chi connectivity index (χ4n) is 2.69. The lowest BCUT2D eigenvalue weighted by atomic mass is 10.1. The van der Waals surface area contributed by atoms with Gasteiger partial charge in [-0.3, -0.25) is 14.5 Å². The first-order valence-electron chi connectivity index (χ1n) is 7.69. The molecule has 0 aliphatic heterocycles. The predicted molar refractivity (Wildman–Crippen MR) is 93.1 cm³/mol. The number of carbonyl (C=O) groups excluding carboxylic acids is 1. The van der Waals surface area contributed by atoms with Gasteiger partial charge in [-0.15, -0.1) is 0 Å². The molecular weight excluding hydrogens is 320 g/mol. The molecule has 2 heterocycles. The van der Waals surface area contributed by atoms with Gasteiger partial charge in [-0.25, -0.2) is 4.79 Å². The van der Waals surface area contributed by atoms with Crippen LogP contribution in [0.3, 0.4) is 0 Å². The van der Waals surface area contributed by atoms with E-state index >= 15 is 0 Å². The number of carbonyl (C=O) groups is 1. The third-order valence-corrected chi connectivity index (χ3v) is 3.83. The number of hydrogen-bond donors (Lipinski definition) is 2. The Bertz CT molecular complexity index is 1090. The minimum Gasteiger partial charge on any atom is -0.408 e. The maximum absolute atomic E-state index is 12.3. The number of rotatable bonds is 4. The van der Waals surface area contributed by atoms with Crippen molar-refractivity contribution in [3.63, 3.8) is 0 Å². The number of benzene rings is 2. The topological polar surface area (TPSA) is 92.9 Å². The SMILES string of the molecule is O=C(Cn1c(=O)oc2ccccc21)Nc1cccc(-c2ccn[nH]2)c1. The van der Waals surface area contributed by atoms with Crippen LogP contribution in [-0.2, 0) is 11.3 Å². The van der Waals surface area contributed by atoms with Gasteiger partial charge in [0.15, 0.2) is 5.58 Å². The lowest BCUT2D eigenvalue weighted by Gasteiger charge is -2.07. The molecule has 0 aliphatic rings. The summed E-state index contributed by atoms with van der Waals surface area (Å²) in [6.45, 7) is -0.121. The molecule has 7 nitrogen and oxygen atoms in total. The molecule has 2 aromatic carbocycles. The summed E-state index contributed by atoms with van der Waals surface area (Å²) in [4.78, 5) is 24.3. The Labute approximate surface area is 141 Å². The molecule has 0 saturated carbocycles. The highest BCUT2D eigenvalue weighted by atomic mass is 16.4. The van der Waals surface area contributed by atoms with E-state index in [-0.39, 0.29) is 12.5 Å². The third kappa shape index (κ3) is 2.94. The van der Waals surface area contributed by atoms with Gasteiger partial charge in [-0.1, -0.05) is 24.3 Å². The Kier molecular flexibility index (Phi) is 3.66. The Morgan fingerprint density at radius 3 is 2.88 bits per heavy atom. The molecule has 0 bridgehead atoms. The summed E-state index contributed by atoms with van der Waals surface area (Å²) < 4.78 is 6.44. The lowest BCUT2D eigenvalue weighted by molar-refractivity contribution is -0.116. The number of aromatic nitrogens is 3. The number of hydrogen-bond acceptors (Lipinski definition) is 4. The van der Waals surface area contributed by atoms with E-state index in [4.69, 9.17) is 4.42 Å². The largest absolute Gasteiger partial charge is 0.420 e. The van der Waals surface area contributed by atoms with Crippen molar-refractivity contribution in [2.24, 2.45) is 0 Å². The lowest BCUT2D eigenvalue weighted by Crippen LogP contribution is -2.24. The van der Waals surface area contributed by atoms with Crippen LogP contribution in [0.1, 0.15) is 0 Å². The molecule has 2 aromatic heterocycles. The summed E-state index contributed by atoms with van der Waals surface area (Å²) in [5.74, 6) is -0.863. The van der Waals surface area contributed by atoms with Crippen LogP contribution < -0.4 is 11.1 Å². The zero-order valence-electron chi connectivity index (χ0n) is 13.1. The van der Waals surface area contributed by atoms with Crippen LogP contribution in [0.15, 0.2) is 70.0 Å². The van der Waals surface area contributed by atoms with Gasteiger partial charge in [-0.05, 0) is 30.3 Å². The van der Waals surface area contributed by atoms with Crippen LogP contribution in [0.4, 0.5) is 5.69 Å². The van der Waals surface area contributed by atoms with Crippen molar-refractivity contribution < 1.29 is 9.21 Å². The van der Waals surface area contributed by atoms with Gasteiger partial charge in [0.2, 0.25) is 5.91 Å². The minimum atomic E-state index is -0.553. The van der Waals surface area contributed by atoms with E-state index < -0.39 is 5.76 Å². The van der Waals surface area contributed by atoms with E-state index in [0.29, 0.717) is 16.8 Å². The number of fused-ring (bicyclic) bond motifs is 1. The average Bonchev–Trinajstić information content (AvgIpc) is 3.24. The van der Waals surface area contributed by atoms with Crippen molar-refractivity contribution in [3.05, 3.63) is 71.3 Å². The molecule has 0 atom stereocenters. The Morgan fingerprint density at radius 1 is 1.16 bits per heavy atom. The summed E-state index contributed by atoms with van der Waals surface area (Å²) in [5.41, 5.74) is 3.45. The van der Waals surface area contributed by atoms with E-state index in [1.807, 2.05) is 24.3 Å². The van der Waals surface area contributed by atoms with Gasteiger partial charge in [0.05, 0.1) is 11.2 Å². The number of H-pyrrole nitrogens is 1. The van der Waals surface area contributed by atoms with Crippen molar-refractivity contribution in [2.45, 2.75) is 6.54 Å². The molecule has 0 radical (unpaired) electrons. The summed E-state index contributed by atoms with van der Waals surface area (Å²) in [7, 11) is 0. The predicted octanol–water partition coefficient (Wildman–Crippen LogP) is 2.62. The number of nitrogens with zero attached hydrogens (tertiary/aromatic N) is 2. The van der Waals surface area contributed by atoms with Crippen LogP contribution in [0.25, 0.3) is 22.4 Å². The van der Waals surface area contributed by atoms with Gasteiger partial charge in [0.1, 0.15) is 6.54 Å². The average molecular weight is 334 g/mol. The molecule has 25 heavy (non-hydrogen) atoms. The molecule has 0 saturated heterocycles.